The van der Waals surface area contributed by atoms with Crippen LogP contribution in [0.3, 0.4) is 0 Å². The summed E-state index contributed by atoms with van der Waals surface area (Å²) in [4.78, 5) is 0.00675. The summed E-state index contributed by atoms with van der Waals surface area (Å²) in [6.07, 6.45) is -0.451. The summed E-state index contributed by atoms with van der Waals surface area (Å²) in [7, 11) is -3.79. The second-order valence-corrected chi connectivity index (χ2v) is 8.22. The molecule has 0 N–H and O–H groups in total. The molecule has 25 heavy (non-hydrogen) atoms. The van der Waals surface area contributed by atoms with Gasteiger partial charge in [0.15, 0.2) is 0 Å². The molecule has 1 aliphatic rings. The number of sulfonamides is 1. The van der Waals surface area contributed by atoms with Gasteiger partial charge in [0.25, 0.3) is 0 Å². The molecule has 1 unspecified atom stereocenters. The highest BCUT2D eigenvalue weighted by atomic mass is 35.5. The lowest BCUT2D eigenvalue weighted by atomic mass is 10.1. The number of halogens is 2. The number of rotatable bonds is 3. The van der Waals surface area contributed by atoms with Gasteiger partial charge in [0, 0.05) is 13.1 Å². The molecule has 1 saturated heterocycles. The van der Waals surface area contributed by atoms with Crippen molar-refractivity contribution in [3.05, 3.63) is 63.6 Å². The van der Waals surface area contributed by atoms with Crippen molar-refractivity contribution in [2.24, 2.45) is 0 Å². The fraction of sp³-hybridized carbons (Fsp3) is 0.235. The molecule has 2 aromatic carbocycles. The lowest BCUT2D eigenvalue weighted by Gasteiger charge is -2.32. The van der Waals surface area contributed by atoms with Crippen molar-refractivity contribution in [3.63, 3.8) is 0 Å². The number of hydrogen-bond acceptors (Lipinski definition) is 4. The van der Waals surface area contributed by atoms with Gasteiger partial charge in [-0.3, -0.25) is 0 Å². The second kappa shape index (κ2) is 7.32. The summed E-state index contributed by atoms with van der Waals surface area (Å²) in [6.45, 7) is 0.610. The Balaban J connectivity index is 1.90. The molecule has 0 bridgehead atoms. The van der Waals surface area contributed by atoms with Crippen molar-refractivity contribution in [2.45, 2.75) is 11.0 Å². The van der Waals surface area contributed by atoms with Gasteiger partial charge < -0.3 is 4.74 Å². The lowest BCUT2D eigenvalue weighted by molar-refractivity contribution is -0.00255. The fourth-order valence-electron chi connectivity index (χ4n) is 2.68. The molecule has 8 heteroatoms. The van der Waals surface area contributed by atoms with E-state index in [0.29, 0.717) is 10.0 Å². The molecular weight excluding hydrogens is 383 g/mol. The molecule has 0 amide bonds. The third kappa shape index (κ3) is 3.66. The number of ether oxygens (including phenoxy) is 1. The Morgan fingerprint density at radius 3 is 2.64 bits per heavy atom. The average molecular weight is 397 g/mol. The van der Waals surface area contributed by atoms with E-state index in [4.69, 9.17) is 27.9 Å². The number of hydrogen-bond donors (Lipinski definition) is 0. The molecule has 2 aromatic rings. The Morgan fingerprint density at radius 2 is 1.92 bits per heavy atom. The first kappa shape index (κ1) is 18.2. The van der Waals surface area contributed by atoms with Crippen molar-refractivity contribution in [1.29, 1.82) is 5.26 Å². The third-order valence-electron chi connectivity index (χ3n) is 3.97. The number of morpholine rings is 1. The largest absolute Gasteiger partial charge is 0.371 e. The van der Waals surface area contributed by atoms with Gasteiger partial charge in [-0.05, 0) is 29.8 Å². The summed E-state index contributed by atoms with van der Waals surface area (Å²) < 4.78 is 32.9. The second-order valence-electron chi connectivity index (χ2n) is 5.50. The SMILES string of the molecule is N#Cc1ccccc1S(=O)(=O)N1CCOC(c2ccc(Cl)c(Cl)c2)C1. The van der Waals surface area contributed by atoms with E-state index in [1.54, 1.807) is 30.3 Å². The fourth-order valence-corrected chi connectivity index (χ4v) is 4.55. The Morgan fingerprint density at radius 1 is 1.16 bits per heavy atom. The molecule has 1 heterocycles. The van der Waals surface area contributed by atoms with Crippen LogP contribution in [0.15, 0.2) is 47.4 Å². The van der Waals surface area contributed by atoms with Gasteiger partial charge >= 0.3 is 0 Å². The van der Waals surface area contributed by atoms with E-state index in [9.17, 15) is 13.7 Å². The van der Waals surface area contributed by atoms with Crippen LogP contribution in [-0.2, 0) is 14.8 Å². The highest BCUT2D eigenvalue weighted by Crippen LogP contribution is 2.31. The van der Waals surface area contributed by atoms with E-state index in [2.05, 4.69) is 0 Å². The van der Waals surface area contributed by atoms with E-state index in [1.165, 1.54) is 16.4 Å². The molecule has 0 saturated carbocycles. The van der Waals surface area contributed by atoms with Crippen LogP contribution in [0.4, 0.5) is 0 Å². The van der Waals surface area contributed by atoms with Crippen LogP contribution in [-0.4, -0.2) is 32.4 Å². The zero-order chi connectivity index (χ0) is 18.0. The average Bonchev–Trinajstić information content (AvgIpc) is 2.64. The first-order valence-corrected chi connectivity index (χ1v) is 9.69. The minimum atomic E-state index is -3.79. The van der Waals surface area contributed by atoms with Gasteiger partial charge in [-0.1, -0.05) is 41.4 Å². The van der Waals surface area contributed by atoms with E-state index in [0.717, 1.165) is 5.56 Å². The van der Waals surface area contributed by atoms with Gasteiger partial charge in [0.1, 0.15) is 6.07 Å². The Bertz CT molecular complexity index is 941. The Kier molecular flexibility index (Phi) is 5.32. The third-order valence-corrected chi connectivity index (χ3v) is 6.63. The van der Waals surface area contributed by atoms with E-state index in [-0.39, 0.29) is 30.2 Å². The van der Waals surface area contributed by atoms with Crippen LogP contribution in [0.5, 0.6) is 0 Å². The molecule has 0 aromatic heterocycles. The van der Waals surface area contributed by atoms with E-state index < -0.39 is 16.1 Å². The van der Waals surface area contributed by atoms with Crippen molar-refractivity contribution < 1.29 is 13.2 Å². The smallest absolute Gasteiger partial charge is 0.244 e. The van der Waals surface area contributed by atoms with Crippen molar-refractivity contribution >= 4 is 33.2 Å². The van der Waals surface area contributed by atoms with Crippen molar-refractivity contribution in [3.8, 4) is 6.07 Å². The van der Waals surface area contributed by atoms with Crippen molar-refractivity contribution in [2.75, 3.05) is 19.7 Å². The van der Waals surface area contributed by atoms with Crippen LogP contribution < -0.4 is 0 Å². The van der Waals surface area contributed by atoms with Crippen LogP contribution >= 0.6 is 23.2 Å². The molecule has 3 rings (SSSR count). The summed E-state index contributed by atoms with van der Waals surface area (Å²) >= 11 is 12.0. The summed E-state index contributed by atoms with van der Waals surface area (Å²) in [6, 6.07) is 13.2. The summed E-state index contributed by atoms with van der Waals surface area (Å²) in [5, 5.41) is 9.99. The first-order chi connectivity index (χ1) is 11.9. The molecular formula is C17H14Cl2N2O3S. The molecule has 5 nitrogen and oxygen atoms in total. The lowest BCUT2D eigenvalue weighted by Crippen LogP contribution is -2.42. The minimum absolute atomic E-state index is 0.00675. The highest BCUT2D eigenvalue weighted by Gasteiger charge is 2.33. The maximum absolute atomic E-state index is 12.9. The normalized spacial score (nSPS) is 18.7. The van der Waals surface area contributed by atoms with Gasteiger partial charge in [-0.25, -0.2) is 8.42 Å². The van der Waals surface area contributed by atoms with Crippen molar-refractivity contribution in [1.82, 2.24) is 4.31 Å². The van der Waals surface area contributed by atoms with Gasteiger partial charge in [-0.15, -0.1) is 0 Å². The molecule has 1 fully saturated rings. The monoisotopic (exact) mass is 396 g/mol. The topological polar surface area (TPSA) is 70.4 Å². The van der Waals surface area contributed by atoms with Crippen LogP contribution in [0, 0.1) is 11.3 Å². The van der Waals surface area contributed by atoms with E-state index in [1.807, 2.05) is 6.07 Å². The maximum Gasteiger partial charge on any atom is 0.244 e. The standard InChI is InChI=1S/C17H14Cl2N2O3S/c18-14-6-5-12(9-15(14)19)16-11-21(7-8-24-16)25(22,23)17-4-2-1-3-13(17)10-20/h1-6,9,16H,7-8,11H2. The van der Waals surface area contributed by atoms with Crippen LogP contribution in [0.2, 0.25) is 10.0 Å². The molecule has 130 valence electrons. The van der Waals surface area contributed by atoms with Gasteiger partial charge in [0.2, 0.25) is 10.0 Å². The molecule has 1 aliphatic heterocycles. The minimum Gasteiger partial charge on any atom is -0.371 e. The molecule has 1 atom stereocenters. The number of benzene rings is 2. The highest BCUT2D eigenvalue weighted by molar-refractivity contribution is 7.89. The quantitative estimate of drug-likeness (QED) is 0.793. The van der Waals surface area contributed by atoms with Gasteiger partial charge in [-0.2, -0.15) is 9.57 Å². The zero-order valence-electron chi connectivity index (χ0n) is 13.0. The molecule has 0 aliphatic carbocycles. The predicted octanol–water partition coefficient (Wildman–Crippen LogP) is 3.63. The van der Waals surface area contributed by atoms with Crippen LogP contribution in [0.25, 0.3) is 0 Å². The predicted molar refractivity (Wildman–Crippen MR) is 95.1 cm³/mol. The maximum atomic E-state index is 12.9. The summed E-state index contributed by atoms with van der Waals surface area (Å²) in [5.74, 6) is 0. The Labute approximate surface area is 156 Å². The van der Waals surface area contributed by atoms with E-state index >= 15 is 0 Å². The zero-order valence-corrected chi connectivity index (χ0v) is 15.4. The summed E-state index contributed by atoms with van der Waals surface area (Å²) in [5.41, 5.74) is 0.878. The van der Waals surface area contributed by atoms with Crippen LogP contribution in [0.1, 0.15) is 17.2 Å². The number of nitriles is 1. The molecule has 0 spiro atoms. The first-order valence-electron chi connectivity index (χ1n) is 7.49. The Hall–Kier alpha value is -1.62. The van der Waals surface area contributed by atoms with Gasteiger partial charge in [0.05, 0.1) is 33.2 Å². The number of nitrogens with zero attached hydrogens (tertiary/aromatic N) is 2. The molecule has 0 radical (unpaired) electrons.